The summed E-state index contributed by atoms with van der Waals surface area (Å²) >= 11 is 0. The first-order valence-corrected chi connectivity index (χ1v) is 10.6. The Morgan fingerprint density at radius 3 is 2.17 bits per heavy atom. The highest BCUT2D eigenvalue weighted by molar-refractivity contribution is 5.97. The van der Waals surface area contributed by atoms with Gasteiger partial charge in [-0.05, 0) is 60.0 Å². The van der Waals surface area contributed by atoms with Crippen LogP contribution in [0.5, 0.6) is 0 Å². The van der Waals surface area contributed by atoms with Gasteiger partial charge in [0.25, 0.3) is 0 Å². The summed E-state index contributed by atoms with van der Waals surface area (Å²) in [5.41, 5.74) is 8.55. The highest BCUT2D eigenvalue weighted by Gasteiger charge is 2.24. The second-order valence-corrected chi connectivity index (χ2v) is 8.59. The number of hydrogen-bond acceptors (Lipinski definition) is 0. The Hall–Kier alpha value is -3.00. The van der Waals surface area contributed by atoms with E-state index in [1.165, 1.54) is 27.6 Å². The lowest BCUT2D eigenvalue weighted by Gasteiger charge is -2.16. The lowest BCUT2D eigenvalue weighted by atomic mass is 9.91. The summed E-state index contributed by atoms with van der Waals surface area (Å²) in [7, 11) is 2.11. The normalized spacial score (nSPS) is 11.5. The first kappa shape index (κ1) is 20.3. The van der Waals surface area contributed by atoms with E-state index < -0.39 is 0 Å². The zero-order valence-electron chi connectivity index (χ0n) is 18.7. The molecule has 0 aliphatic heterocycles. The van der Waals surface area contributed by atoms with Gasteiger partial charge in [-0.15, -0.1) is 0 Å². The standard InChI is InChI=1S/C28H29FN/c1-17(2)22-12-13-23-25(15-22)19(4)20(5)30(6)28(23)24-16-26(27(29)14-18(24)3)21-10-8-7-9-11-21/h7-17H,1-6H3/q+1. The fraction of sp³-hybridized carbons (Fsp3) is 0.250. The van der Waals surface area contributed by atoms with Crippen LogP contribution in [0.3, 0.4) is 0 Å². The Bertz CT molecular complexity index is 1250. The molecule has 0 unspecified atom stereocenters. The second kappa shape index (κ2) is 7.68. The van der Waals surface area contributed by atoms with E-state index in [4.69, 9.17) is 0 Å². The molecule has 152 valence electrons. The van der Waals surface area contributed by atoms with Crippen LogP contribution in [0.1, 0.15) is 42.1 Å². The topological polar surface area (TPSA) is 3.88 Å². The summed E-state index contributed by atoms with van der Waals surface area (Å²) in [5, 5.41) is 2.48. The Morgan fingerprint density at radius 1 is 0.800 bits per heavy atom. The van der Waals surface area contributed by atoms with Crippen LogP contribution >= 0.6 is 0 Å². The number of benzene rings is 3. The van der Waals surface area contributed by atoms with E-state index in [2.05, 4.69) is 57.5 Å². The Labute approximate surface area is 178 Å². The van der Waals surface area contributed by atoms with Crippen molar-refractivity contribution in [2.75, 3.05) is 0 Å². The van der Waals surface area contributed by atoms with Crippen LogP contribution in [-0.2, 0) is 7.05 Å². The molecule has 0 saturated heterocycles. The van der Waals surface area contributed by atoms with Crippen LogP contribution in [0, 0.1) is 26.6 Å². The first-order valence-electron chi connectivity index (χ1n) is 10.6. The molecule has 0 amide bonds. The van der Waals surface area contributed by atoms with E-state index in [1.54, 1.807) is 6.07 Å². The highest BCUT2D eigenvalue weighted by atomic mass is 19.1. The minimum absolute atomic E-state index is 0.180. The van der Waals surface area contributed by atoms with Crippen LogP contribution < -0.4 is 4.57 Å². The van der Waals surface area contributed by atoms with Gasteiger partial charge in [0, 0.05) is 18.1 Å². The van der Waals surface area contributed by atoms with Crippen molar-refractivity contribution in [3.05, 3.63) is 88.9 Å². The zero-order chi connectivity index (χ0) is 21.6. The SMILES string of the molecule is Cc1cc(F)c(-c2ccccc2)cc1-c1c2ccc(C(C)C)cc2c(C)c(C)[n+]1C. The van der Waals surface area contributed by atoms with Gasteiger partial charge in [0.15, 0.2) is 5.69 Å². The fourth-order valence-corrected chi connectivity index (χ4v) is 4.33. The maximum atomic E-state index is 14.9. The molecule has 0 aliphatic rings. The molecule has 0 radical (unpaired) electrons. The average molecular weight is 399 g/mol. The lowest BCUT2D eigenvalue weighted by Crippen LogP contribution is -2.36. The van der Waals surface area contributed by atoms with E-state index in [9.17, 15) is 4.39 Å². The van der Waals surface area contributed by atoms with E-state index >= 15 is 0 Å². The predicted octanol–water partition coefficient (Wildman–Crippen LogP) is 7.19. The van der Waals surface area contributed by atoms with Crippen molar-refractivity contribution < 1.29 is 8.96 Å². The summed E-state index contributed by atoms with van der Waals surface area (Å²) in [4.78, 5) is 0. The number of rotatable bonds is 3. The Morgan fingerprint density at radius 2 is 1.50 bits per heavy atom. The largest absolute Gasteiger partial charge is 0.220 e. The van der Waals surface area contributed by atoms with Gasteiger partial charge in [0.05, 0.1) is 10.9 Å². The smallest absolute Gasteiger partial charge is 0.206 e. The minimum atomic E-state index is -0.180. The van der Waals surface area contributed by atoms with E-state index in [0.717, 1.165) is 22.4 Å². The molecule has 0 fully saturated rings. The Balaban J connectivity index is 2.07. The predicted molar refractivity (Wildman–Crippen MR) is 124 cm³/mol. The number of halogens is 1. The molecular formula is C28H29FN+. The molecule has 30 heavy (non-hydrogen) atoms. The van der Waals surface area contributed by atoms with Gasteiger partial charge in [-0.3, -0.25) is 0 Å². The number of fused-ring (bicyclic) bond motifs is 1. The fourth-order valence-electron chi connectivity index (χ4n) is 4.33. The molecule has 1 nitrogen and oxygen atoms in total. The van der Waals surface area contributed by atoms with Gasteiger partial charge in [-0.25, -0.2) is 4.39 Å². The van der Waals surface area contributed by atoms with Crippen LogP contribution in [0.2, 0.25) is 0 Å². The number of aryl methyl sites for hydroxylation is 2. The molecule has 0 aliphatic carbocycles. The summed E-state index contributed by atoms with van der Waals surface area (Å²) in [6, 6.07) is 20.2. The molecule has 4 rings (SSSR count). The van der Waals surface area contributed by atoms with E-state index in [1.807, 2.05) is 43.3 Å². The van der Waals surface area contributed by atoms with Crippen LogP contribution in [0.15, 0.2) is 60.7 Å². The first-order chi connectivity index (χ1) is 14.3. The summed E-state index contributed by atoms with van der Waals surface area (Å²) < 4.78 is 17.2. The van der Waals surface area contributed by atoms with Crippen LogP contribution in [0.4, 0.5) is 4.39 Å². The average Bonchev–Trinajstić information content (AvgIpc) is 2.74. The van der Waals surface area contributed by atoms with Crippen molar-refractivity contribution in [2.24, 2.45) is 7.05 Å². The molecule has 0 atom stereocenters. The molecule has 4 aromatic rings. The third-order valence-corrected chi connectivity index (χ3v) is 6.40. The molecule has 2 heteroatoms. The van der Waals surface area contributed by atoms with Crippen molar-refractivity contribution in [2.45, 2.75) is 40.5 Å². The van der Waals surface area contributed by atoms with Crippen molar-refractivity contribution >= 4 is 10.8 Å². The van der Waals surface area contributed by atoms with Crippen molar-refractivity contribution in [3.8, 4) is 22.4 Å². The summed E-state index contributed by atoms with van der Waals surface area (Å²) in [6.45, 7) is 10.8. The summed E-state index contributed by atoms with van der Waals surface area (Å²) in [5.74, 6) is 0.295. The third kappa shape index (κ3) is 3.31. The number of hydrogen-bond donors (Lipinski definition) is 0. The van der Waals surface area contributed by atoms with Gasteiger partial charge in [0.2, 0.25) is 5.69 Å². The number of pyridine rings is 1. The maximum absolute atomic E-state index is 14.9. The second-order valence-electron chi connectivity index (χ2n) is 8.59. The van der Waals surface area contributed by atoms with Gasteiger partial charge in [-0.2, -0.15) is 4.57 Å². The van der Waals surface area contributed by atoms with Crippen molar-refractivity contribution in [3.63, 3.8) is 0 Å². The van der Waals surface area contributed by atoms with E-state index in [-0.39, 0.29) is 5.82 Å². The third-order valence-electron chi connectivity index (χ3n) is 6.40. The van der Waals surface area contributed by atoms with Gasteiger partial charge >= 0.3 is 0 Å². The molecule has 0 bridgehead atoms. The lowest BCUT2D eigenvalue weighted by molar-refractivity contribution is -0.665. The van der Waals surface area contributed by atoms with Crippen LogP contribution in [0.25, 0.3) is 33.2 Å². The van der Waals surface area contributed by atoms with Crippen LogP contribution in [-0.4, -0.2) is 0 Å². The highest BCUT2D eigenvalue weighted by Crippen LogP contribution is 2.36. The quantitative estimate of drug-likeness (QED) is 0.322. The molecule has 0 spiro atoms. The van der Waals surface area contributed by atoms with E-state index in [0.29, 0.717) is 11.5 Å². The molecule has 1 aromatic heterocycles. The molecule has 0 saturated carbocycles. The summed E-state index contributed by atoms with van der Waals surface area (Å²) in [6.07, 6.45) is 0. The van der Waals surface area contributed by atoms with Crippen molar-refractivity contribution in [1.82, 2.24) is 0 Å². The number of aromatic nitrogens is 1. The molecular weight excluding hydrogens is 369 g/mol. The maximum Gasteiger partial charge on any atom is 0.220 e. The molecule has 3 aromatic carbocycles. The molecule has 0 N–H and O–H groups in total. The monoisotopic (exact) mass is 398 g/mol. The minimum Gasteiger partial charge on any atom is -0.206 e. The van der Waals surface area contributed by atoms with Gasteiger partial charge in [-0.1, -0.05) is 56.3 Å². The zero-order valence-corrected chi connectivity index (χ0v) is 18.7. The van der Waals surface area contributed by atoms with Gasteiger partial charge in [0.1, 0.15) is 12.9 Å². The number of nitrogens with zero attached hydrogens (tertiary/aromatic N) is 1. The Kier molecular flexibility index (Phi) is 5.19. The van der Waals surface area contributed by atoms with Gasteiger partial charge < -0.3 is 0 Å². The van der Waals surface area contributed by atoms with Crippen molar-refractivity contribution in [1.29, 1.82) is 0 Å². The molecule has 1 heterocycles.